The first-order valence-corrected chi connectivity index (χ1v) is 19.4. The van der Waals surface area contributed by atoms with Gasteiger partial charge in [0.15, 0.2) is 5.58 Å². The number of benzene rings is 9. The Balaban J connectivity index is 1.01. The molecule has 0 atom stereocenters. The van der Waals surface area contributed by atoms with Crippen LogP contribution in [0.25, 0.3) is 82.8 Å². The third-order valence-electron chi connectivity index (χ3n) is 11.2. The van der Waals surface area contributed by atoms with Crippen molar-refractivity contribution >= 4 is 60.8 Å². The van der Waals surface area contributed by atoms with Gasteiger partial charge in [0.1, 0.15) is 5.58 Å². The van der Waals surface area contributed by atoms with Crippen molar-refractivity contribution < 1.29 is 4.42 Å². The summed E-state index contributed by atoms with van der Waals surface area (Å²) in [5, 5.41) is 4.68. The molecule has 268 valence electrons. The Bertz CT molecular complexity index is 3230. The highest BCUT2D eigenvalue weighted by atomic mass is 16.3. The van der Waals surface area contributed by atoms with Gasteiger partial charge in [0, 0.05) is 38.4 Å². The zero-order valence-corrected chi connectivity index (χ0v) is 31.1. The highest BCUT2D eigenvalue weighted by molar-refractivity contribution is 6.13. The minimum atomic E-state index is 0.899. The number of para-hydroxylation sites is 6. The number of anilines is 3. The lowest BCUT2D eigenvalue weighted by atomic mass is 9.96. The van der Waals surface area contributed by atoms with Gasteiger partial charge < -0.3 is 13.9 Å². The van der Waals surface area contributed by atoms with Gasteiger partial charge in [0.05, 0.1) is 28.1 Å². The summed E-state index contributed by atoms with van der Waals surface area (Å²) < 4.78 is 8.88. The lowest BCUT2D eigenvalue weighted by molar-refractivity contribution is 0.666. The van der Waals surface area contributed by atoms with Crippen molar-refractivity contribution in [1.29, 1.82) is 0 Å². The fourth-order valence-corrected chi connectivity index (χ4v) is 8.59. The van der Waals surface area contributed by atoms with Gasteiger partial charge in [-0.2, -0.15) is 0 Å². The average molecular weight is 729 g/mol. The van der Waals surface area contributed by atoms with Gasteiger partial charge >= 0.3 is 0 Å². The molecule has 0 aliphatic rings. The molecule has 0 spiro atoms. The molecule has 11 aromatic rings. The third kappa shape index (κ3) is 5.51. The molecule has 3 heteroatoms. The van der Waals surface area contributed by atoms with E-state index in [1.165, 1.54) is 33.0 Å². The molecule has 3 nitrogen and oxygen atoms in total. The molecule has 2 aromatic heterocycles. The van der Waals surface area contributed by atoms with E-state index in [1.54, 1.807) is 0 Å². The normalized spacial score (nSPS) is 11.5. The fraction of sp³-hybridized carbons (Fsp3) is 0. The Morgan fingerprint density at radius 1 is 0.351 bits per heavy atom. The number of hydrogen-bond acceptors (Lipinski definition) is 2. The summed E-state index contributed by atoms with van der Waals surface area (Å²) in [7, 11) is 0. The molecule has 0 aliphatic carbocycles. The van der Waals surface area contributed by atoms with Crippen LogP contribution in [0.15, 0.2) is 223 Å². The molecule has 0 unspecified atom stereocenters. The van der Waals surface area contributed by atoms with E-state index >= 15 is 0 Å². The van der Waals surface area contributed by atoms with Gasteiger partial charge in [-0.25, -0.2) is 0 Å². The van der Waals surface area contributed by atoms with Crippen molar-refractivity contribution in [3.05, 3.63) is 218 Å². The van der Waals surface area contributed by atoms with Crippen molar-refractivity contribution in [2.45, 2.75) is 0 Å². The van der Waals surface area contributed by atoms with Crippen LogP contribution in [0.4, 0.5) is 17.1 Å². The molecule has 0 saturated carbocycles. The van der Waals surface area contributed by atoms with Crippen molar-refractivity contribution in [2.75, 3.05) is 4.90 Å². The van der Waals surface area contributed by atoms with E-state index in [9.17, 15) is 0 Å². The number of fused-ring (bicyclic) bond motifs is 6. The first-order valence-electron chi connectivity index (χ1n) is 19.4. The maximum Gasteiger partial charge on any atom is 0.159 e. The highest BCUT2D eigenvalue weighted by Gasteiger charge is 2.21. The minimum Gasteiger partial charge on any atom is -0.454 e. The number of aromatic nitrogens is 1. The predicted molar refractivity (Wildman–Crippen MR) is 239 cm³/mol. The fourth-order valence-electron chi connectivity index (χ4n) is 8.59. The van der Waals surface area contributed by atoms with Crippen LogP contribution in [0, 0.1) is 0 Å². The van der Waals surface area contributed by atoms with Gasteiger partial charge in [0.2, 0.25) is 0 Å². The van der Waals surface area contributed by atoms with Crippen molar-refractivity contribution in [1.82, 2.24) is 4.57 Å². The topological polar surface area (TPSA) is 21.3 Å². The smallest absolute Gasteiger partial charge is 0.159 e. The van der Waals surface area contributed by atoms with E-state index in [1.807, 2.05) is 12.1 Å². The summed E-state index contributed by atoms with van der Waals surface area (Å²) in [6, 6.07) is 78.0. The maximum absolute atomic E-state index is 6.52. The Labute approximate surface area is 330 Å². The second-order valence-corrected chi connectivity index (χ2v) is 14.5. The Morgan fingerprint density at radius 2 is 0.895 bits per heavy atom. The molecule has 11 rings (SSSR count). The van der Waals surface area contributed by atoms with E-state index in [0.717, 1.165) is 66.8 Å². The van der Waals surface area contributed by atoms with Gasteiger partial charge in [-0.1, -0.05) is 164 Å². The Hall–Kier alpha value is -7.62. The Morgan fingerprint density at radius 3 is 1.65 bits per heavy atom. The van der Waals surface area contributed by atoms with Gasteiger partial charge in [0.25, 0.3) is 0 Å². The largest absolute Gasteiger partial charge is 0.454 e. The molecular formula is C54H36N2O. The zero-order valence-electron chi connectivity index (χ0n) is 31.1. The highest BCUT2D eigenvalue weighted by Crippen LogP contribution is 2.45. The van der Waals surface area contributed by atoms with Crippen molar-refractivity contribution in [3.8, 4) is 39.1 Å². The number of hydrogen-bond donors (Lipinski definition) is 0. The number of furan rings is 1. The lowest BCUT2D eigenvalue weighted by Crippen LogP contribution is -2.12. The first-order chi connectivity index (χ1) is 28.3. The molecule has 9 aromatic carbocycles. The summed E-state index contributed by atoms with van der Waals surface area (Å²) in [5.74, 6) is 0. The summed E-state index contributed by atoms with van der Waals surface area (Å²) in [5.41, 5.74) is 15.5. The van der Waals surface area contributed by atoms with Crippen LogP contribution in [0.3, 0.4) is 0 Å². The maximum atomic E-state index is 6.52. The van der Waals surface area contributed by atoms with Crippen LogP contribution >= 0.6 is 0 Å². The first kappa shape index (κ1) is 32.8. The number of nitrogens with zero attached hydrogens (tertiary/aromatic N) is 2. The van der Waals surface area contributed by atoms with Crippen LogP contribution in [0.2, 0.25) is 0 Å². The lowest BCUT2D eigenvalue weighted by Gasteiger charge is -2.30. The SMILES string of the molecule is c1ccc(-c2ccccc2N(c2ccccc2)c2ccccc2-c2ccc(-c3ccc4c(c3)c3ccccc3n4-c3cccc4c3oc3ccccc34)cc2)cc1. The zero-order chi connectivity index (χ0) is 37.7. The van der Waals surface area contributed by atoms with E-state index < -0.39 is 0 Å². The average Bonchev–Trinajstić information content (AvgIpc) is 3.83. The molecule has 0 saturated heterocycles. The van der Waals surface area contributed by atoms with Gasteiger partial charge in [-0.05, 0) is 76.9 Å². The van der Waals surface area contributed by atoms with E-state index in [0.29, 0.717) is 0 Å². The second-order valence-electron chi connectivity index (χ2n) is 14.5. The summed E-state index contributed by atoms with van der Waals surface area (Å²) >= 11 is 0. The Kier molecular flexibility index (Phi) is 7.82. The summed E-state index contributed by atoms with van der Waals surface area (Å²) in [6.07, 6.45) is 0. The predicted octanol–water partition coefficient (Wildman–Crippen LogP) is 15.2. The van der Waals surface area contributed by atoms with E-state index in [4.69, 9.17) is 4.42 Å². The molecule has 0 radical (unpaired) electrons. The van der Waals surface area contributed by atoms with Gasteiger partial charge in [-0.15, -0.1) is 0 Å². The van der Waals surface area contributed by atoms with Crippen LogP contribution < -0.4 is 4.90 Å². The van der Waals surface area contributed by atoms with Crippen LogP contribution in [-0.2, 0) is 0 Å². The molecule has 0 bridgehead atoms. The molecular weight excluding hydrogens is 693 g/mol. The minimum absolute atomic E-state index is 0.899. The summed E-state index contributed by atoms with van der Waals surface area (Å²) in [6.45, 7) is 0. The van der Waals surface area contributed by atoms with Crippen molar-refractivity contribution in [2.24, 2.45) is 0 Å². The third-order valence-corrected chi connectivity index (χ3v) is 11.2. The molecule has 57 heavy (non-hydrogen) atoms. The monoisotopic (exact) mass is 728 g/mol. The van der Waals surface area contributed by atoms with Crippen LogP contribution in [-0.4, -0.2) is 4.57 Å². The molecule has 0 aliphatic heterocycles. The van der Waals surface area contributed by atoms with Crippen LogP contribution in [0.1, 0.15) is 0 Å². The molecule has 0 N–H and O–H groups in total. The number of rotatable bonds is 7. The summed E-state index contributed by atoms with van der Waals surface area (Å²) in [4.78, 5) is 2.39. The molecule has 0 fully saturated rings. The standard InChI is InChI=1S/C54H36N2O/c1-3-16-38(17-4-1)42-20-7-11-25-48(42)55(41-18-5-2-6-19-41)49-26-12-8-21-43(49)39-32-30-37(31-33-39)40-34-35-51-47(36-40)44-22-9-13-27-50(44)56(51)52-28-15-24-46-45-23-10-14-29-53(45)57-54(46)52/h1-36H. The quantitative estimate of drug-likeness (QED) is 0.163. The van der Waals surface area contributed by atoms with E-state index in [-0.39, 0.29) is 0 Å². The van der Waals surface area contributed by atoms with Crippen LogP contribution in [0.5, 0.6) is 0 Å². The second kappa shape index (κ2) is 13.6. The van der Waals surface area contributed by atoms with Gasteiger partial charge in [-0.3, -0.25) is 0 Å². The van der Waals surface area contributed by atoms with E-state index in [2.05, 4.69) is 216 Å². The molecule has 2 heterocycles. The molecule has 0 amide bonds. The van der Waals surface area contributed by atoms with Crippen molar-refractivity contribution in [3.63, 3.8) is 0 Å².